The van der Waals surface area contributed by atoms with E-state index in [2.05, 4.69) is 162 Å². The maximum atomic E-state index is 5.33. The van der Waals surface area contributed by atoms with Gasteiger partial charge in [-0.15, -0.1) is 11.3 Å². The van der Waals surface area contributed by atoms with E-state index in [9.17, 15) is 0 Å². The molecule has 3 heterocycles. The molecule has 0 fully saturated rings. The van der Waals surface area contributed by atoms with E-state index >= 15 is 0 Å². The molecule has 7 aromatic carbocycles. The first kappa shape index (κ1) is 25.5. The van der Waals surface area contributed by atoms with Crippen LogP contribution in [0.5, 0.6) is 0 Å². The number of aromatic nitrogens is 2. The van der Waals surface area contributed by atoms with Crippen LogP contribution in [0.15, 0.2) is 158 Å². The van der Waals surface area contributed by atoms with Gasteiger partial charge in [-0.1, -0.05) is 133 Å². The first-order valence-corrected chi connectivity index (χ1v) is 16.4. The van der Waals surface area contributed by atoms with Crippen LogP contribution < -0.4 is 0 Å². The molecule has 0 N–H and O–H groups in total. The molecule has 0 bridgehead atoms. The van der Waals surface area contributed by atoms with Crippen LogP contribution in [0.1, 0.15) is 0 Å². The summed E-state index contributed by atoms with van der Waals surface area (Å²) in [5.74, 6) is 0. The van der Waals surface area contributed by atoms with E-state index in [1.807, 2.05) is 11.3 Å². The largest absolute Gasteiger partial charge is 0.291 e. The normalized spacial score (nSPS) is 11.9. The molecule has 2 nitrogen and oxygen atoms in total. The number of rotatable bonds is 3. The summed E-state index contributed by atoms with van der Waals surface area (Å²) in [6, 6.07) is 57.2. The van der Waals surface area contributed by atoms with Gasteiger partial charge in [0.15, 0.2) is 5.65 Å². The second kappa shape index (κ2) is 9.87. The van der Waals surface area contributed by atoms with Crippen molar-refractivity contribution in [1.29, 1.82) is 0 Å². The Hall–Kier alpha value is -5.77. The fourth-order valence-electron chi connectivity index (χ4n) is 7.09. The zero-order chi connectivity index (χ0) is 30.2. The molecule has 0 saturated heterocycles. The van der Waals surface area contributed by atoms with Gasteiger partial charge in [0.05, 0.1) is 21.4 Å². The monoisotopic (exact) mass is 602 g/mol. The van der Waals surface area contributed by atoms with E-state index in [-0.39, 0.29) is 0 Å². The smallest absolute Gasteiger partial charge is 0.156 e. The van der Waals surface area contributed by atoms with E-state index in [0.717, 1.165) is 22.4 Å². The summed E-state index contributed by atoms with van der Waals surface area (Å²) in [6.07, 6.45) is 0. The number of imidazole rings is 1. The third-order valence-corrected chi connectivity index (χ3v) is 10.5. The number of hydrogen-bond acceptors (Lipinski definition) is 2. The quantitative estimate of drug-likeness (QED) is 0.197. The standard InChI is InChI=1S/C43H26N2S/c1-2-8-27(9-3-1)28-14-16-29(17-15-28)30-18-20-32(21-19-30)38-26-36-41-35-13-7-6-10-31(35)22-23-40(41)46-42(36)43-44-37-24-33-11-4-5-12-34(33)25-39(37)45(38)43/h1-26H. The van der Waals surface area contributed by atoms with Gasteiger partial charge in [-0.25, -0.2) is 4.98 Å². The maximum Gasteiger partial charge on any atom is 0.156 e. The zero-order valence-electron chi connectivity index (χ0n) is 24.8. The summed E-state index contributed by atoms with van der Waals surface area (Å²) >= 11 is 1.85. The molecule has 3 aromatic heterocycles. The van der Waals surface area contributed by atoms with E-state index in [1.165, 1.54) is 69.5 Å². The summed E-state index contributed by atoms with van der Waals surface area (Å²) in [7, 11) is 0. The predicted octanol–water partition coefficient (Wildman–Crippen LogP) is 12.2. The number of fused-ring (bicyclic) bond motifs is 10. The summed E-state index contributed by atoms with van der Waals surface area (Å²) in [5.41, 5.74) is 10.4. The Kier molecular flexibility index (Phi) is 5.48. The Morgan fingerprint density at radius 2 is 1.04 bits per heavy atom. The Labute approximate surface area is 269 Å². The van der Waals surface area contributed by atoms with Gasteiger partial charge in [0.25, 0.3) is 0 Å². The first-order valence-electron chi connectivity index (χ1n) is 15.6. The fraction of sp³-hybridized carbons (Fsp3) is 0. The third-order valence-electron chi connectivity index (χ3n) is 9.37. The van der Waals surface area contributed by atoms with Gasteiger partial charge in [-0.05, 0) is 73.6 Å². The van der Waals surface area contributed by atoms with Crippen LogP contribution in [0.2, 0.25) is 0 Å². The molecule has 3 heteroatoms. The van der Waals surface area contributed by atoms with Gasteiger partial charge >= 0.3 is 0 Å². The Bertz CT molecular complexity index is 2770. The van der Waals surface area contributed by atoms with Crippen molar-refractivity contribution in [2.75, 3.05) is 0 Å². The van der Waals surface area contributed by atoms with Crippen molar-refractivity contribution in [2.45, 2.75) is 0 Å². The number of benzene rings is 7. The lowest BCUT2D eigenvalue weighted by molar-refractivity contribution is 1.25. The molecular weight excluding hydrogens is 577 g/mol. The molecule has 0 amide bonds. The number of hydrogen-bond donors (Lipinski definition) is 0. The molecule has 0 aliphatic rings. The van der Waals surface area contributed by atoms with Crippen LogP contribution in [0.25, 0.3) is 91.9 Å². The van der Waals surface area contributed by atoms with Gasteiger partial charge in [0, 0.05) is 15.5 Å². The second-order valence-corrected chi connectivity index (χ2v) is 13.1. The van der Waals surface area contributed by atoms with Crippen LogP contribution in [-0.2, 0) is 0 Å². The highest BCUT2D eigenvalue weighted by Gasteiger charge is 2.19. The van der Waals surface area contributed by atoms with Gasteiger partial charge in [-0.3, -0.25) is 4.40 Å². The molecule has 214 valence electrons. The molecule has 0 spiro atoms. The van der Waals surface area contributed by atoms with Gasteiger partial charge in [0.1, 0.15) is 0 Å². The Balaban J connectivity index is 1.21. The maximum absolute atomic E-state index is 5.33. The molecule has 0 aliphatic carbocycles. The lowest BCUT2D eigenvalue weighted by Crippen LogP contribution is -1.93. The van der Waals surface area contributed by atoms with Crippen molar-refractivity contribution in [2.24, 2.45) is 0 Å². The molecule has 0 radical (unpaired) electrons. The van der Waals surface area contributed by atoms with E-state index in [1.54, 1.807) is 0 Å². The summed E-state index contributed by atoms with van der Waals surface area (Å²) in [6.45, 7) is 0. The highest BCUT2D eigenvalue weighted by atomic mass is 32.1. The number of pyridine rings is 1. The van der Waals surface area contributed by atoms with E-state index in [4.69, 9.17) is 4.98 Å². The van der Waals surface area contributed by atoms with Crippen LogP contribution in [0.3, 0.4) is 0 Å². The number of nitrogens with zero attached hydrogens (tertiary/aromatic N) is 2. The fourth-order valence-corrected chi connectivity index (χ4v) is 8.27. The molecular formula is C43H26N2S. The Morgan fingerprint density at radius 3 is 1.76 bits per heavy atom. The van der Waals surface area contributed by atoms with Gasteiger partial charge < -0.3 is 0 Å². The average Bonchev–Trinajstić information content (AvgIpc) is 3.69. The predicted molar refractivity (Wildman–Crippen MR) is 197 cm³/mol. The van der Waals surface area contributed by atoms with Crippen molar-refractivity contribution in [1.82, 2.24) is 9.38 Å². The second-order valence-electron chi connectivity index (χ2n) is 12.0. The first-order chi connectivity index (χ1) is 22.8. The molecule has 10 rings (SSSR count). The summed E-state index contributed by atoms with van der Waals surface area (Å²) < 4.78 is 4.90. The average molecular weight is 603 g/mol. The SMILES string of the molecule is c1ccc(-c2ccc(-c3ccc(-c4cc5c(sc6ccc7ccccc7c65)c5nc6cc7ccccc7cc6n45)cc3)cc2)cc1. The van der Waals surface area contributed by atoms with Crippen LogP contribution in [0.4, 0.5) is 0 Å². The lowest BCUT2D eigenvalue weighted by Gasteiger charge is -2.11. The van der Waals surface area contributed by atoms with Crippen LogP contribution >= 0.6 is 11.3 Å². The zero-order valence-corrected chi connectivity index (χ0v) is 25.6. The van der Waals surface area contributed by atoms with Crippen molar-refractivity contribution in [3.63, 3.8) is 0 Å². The summed E-state index contributed by atoms with van der Waals surface area (Å²) in [4.78, 5) is 5.33. The highest BCUT2D eigenvalue weighted by molar-refractivity contribution is 7.26. The van der Waals surface area contributed by atoms with Crippen molar-refractivity contribution >= 4 is 69.7 Å². The minimum Gasteiger partial charge on any atom is -0.291 e. The molecule has 0 saturated carbocycles. The van der Waals surface area contributed by atoms with Crippen LogP contribution in [0, 0.1) is 0 Å². The molecule has 0 aliphatic heterocycles. The van der Waals surface area contributed by atoms with E-state index in [0.29, 0.717) is 0 Å². The Morgan fingerprint density at radius 1 is 0.457 bits per heavy atom. The molecule has 46 heavy (non-hydrogen) atoms. The topological polar surface area (TPSA) is 17.3 Å². The van der Waals surface area contributed by atoms with Crippen molar-refractivity contribution in [3.8, 4) is 33.5 Å². The molecule has 0 unspecified atom stereocenters. The van der Waals surface area contributed by atoms with E-state index < -0.39 is 0 Å². The highest BCUT2D eigenvalue weighted by Crippen LogP contribution is 2.43. The van der Waals surface area contributed by atoms with Gasteiger partial charge in [0.2, 0.25) is 0 Å². The minimum atomic E-state index is 1.02. The van der Waals surface area contributed by atoms with Crippen molar-refractivity contribution in [3.05, 3.63) is 158 Å². The third kappa shape index (κ3) is 3.86. The lowest BCUT2D eigenvalue weighted by atomic mass is 9.98. The molecule has 0 atom stereocenters. The van der Waals surface area contributed by atoms with Crippen LogP contribution in [-0.4, -0.2) is 9.38 Å². The van der Waals surface area contributed by atoms with Gasteiger partial charge in [-0.2, -0.15) is 0 Å². The molecule has 10 aromatic rings. The summed E-state index contributed by atoms with van der Waals surface area (Å²) in [5, 5.41) is 7.56. The van der Waals surface area contributed by atoms with Crippen molar-refractivity contribution < 1.29 is 0 Å². The minimum absolute atomic E-state index is 1.02. The number of thiophene rings is 1.